The fraction of sp³-hybridized carbons (Fsp3) is 0.429. The molecule has 18 heavy (non-hydrogen) atoms. The van der Waals surface area contributed by atoms with E-state index in [0.717, 1.165) is 37.0 Å². The molecule has 0 spiro atoms. The van der Waals surface area contributed by atoms with Gasteiger partial charge in [-0.15, -0.1) is 0 Å². The van der Waals surface area contributed by atoms with Gasteiger partial charge in [-0.1, -0.05) is 0 Å². The van der Waals surface area contributed by atoms with Crippen molar-refractivity contribution in [3.05, 3.63) is 23.8 Å². The van der Waals surface area contributed by atoms with E-state index in [0.29, 0.717) is 0 Å². The topological polar surface area (TPSA) is 35.6 Å². The standard InChI is InChI=1S/C14H14N4/c1-3-13-15-9-8-12-10(7-11(9)17(13)5-1)16-14-4-2-6-18(12)14/h7-8H,1-6H2. The third-order valence-electron chi connectivity index (χ3n) is 4.34. The first-order chi connectivity index (χ1) is 8.90. The van der Waals surface area contributed by atoms with Crippen molar-refractivity contribution < 1.29 is 0 Å². The highest BCUT2D eigenvalue weighted by atomic mass is 15.1. The van der Waals surface area contributed by atoms with Crippen LogP contribution in [0.3, 0.4) is 0 Å². The number of fused-ring (bicyclic) bond motifs is 6. The Balaban J connectivity index is 1.91. The van der Waals surface area contributed by atoms with E-state index in [-0.39, 0.29) is 0 Å². The van der Waals surface area contributed by atoms with E-state index in [1.54, 1.807) is 0 Å². The van der Waals surface area contributed by atoms with Crippen LogP contribution in [-0.4, -0.2) is 19.1 Å². The predicted octanol–water partition coefficient (Wildman–Crippen LogP) is 2.28. The Morgan fingerprint density at radius 3 is 1.78 bits per heavy atom. The second kappa shape index (κ2) is 2.94. The number of imidazole rings is 2. The summed E-state index contributed by atoms with van der Waals surface area (Å²) < 4.78 is 4.72. The Bertz CT molecular complexity index is 725. The van der Waals surface area contributed by atoms with Crippen molar-refractivity contribution in [3.8, 4) is 0 Å². The quantitative estimate of drug-likeness (QED) is 0.602. The Labute approximate surface area is 104 Å². The number of nitrogens with zero attached hydrogens (tertiary/aromatic N) is 4. The van der Waals surface area contributed by atoms with Crippen LogP contribution < -0.4 is 0 Å². The molecule has 0 atom stereocenters. The highest BCUT2D eigenvalue weighted by Crippen LogP contribution is 2.29. The Morgan fingerprint density at radius 1 is 0.778 bits per heavy atom. The van der Waals surface area contributed by atoms with E-state index in [9.17, 15) is 0 Å². The molecule has 0 N–H and O–H groups in total. The Kier molecular flexibility index (Phi) is 1.49. The molecule has 0 bridgehead atoms. The van der Waals surface area contributed by atoms with Gasteiger partial charge >= 0.3 is 0 Å². The highest BCUT2D eigenvalue weighted by Gasteiger charge is 2.20. The number of rotatable bonds is 0. The molecular weight excluding hydrogens is 224 g/mol. The molecule has 0 radical (unpaired) electrons. The van der Waals surface area contributed by atoms with Gasteiger partial charge in [-0.05, 0) is 25.0 Å². The van der Waals surface area contributed by atoms with Gasteiger partial charge in [-0.25, -0.2) is 9.97 Å². The first kappa shape index (κ1) is 9.14. The molecule has 0 amide bonds. The second-order valence-electron chi connectivity index (χ2n) is 5.40. The van der Waals surface area contributed by atoms with Crippen LogP contribution in [0.5, 0.6) is 0 Å². The lowest BCUT2D eigenvalue weighted by molar-refractivity contribution is 0.770. The Hall–Kier alpha value is -1.84. The van der Waals surface area contributed by atoms with Gasteiger partial charge in [0.1, 0.15) is 11.6 Å². The van der Waals surface area contributed by atoms with Crippen LogP contribution in [0.25, 0.3) is 22.1 Å². The molecule has 5 rings (SSSR count). The summed E-state index contributed by atoms with van der Waals surface area (Å²) in [5, 5.41) is 0. The molecule has 0 fully saturated rings. The normalized spacial score (nSPS) is 17.8. The monoisotopic (exact) mass is 238 g/mol. The maximum absolute atomic E-state index is 4.77. The van der Waals surface area contributed by atoms with Gasteiger partial charge in [0.2, 0.25) is 0 Å². The van der Waals surface area contributed by atoms with Gasteiger partial charge in [-0.3, -0.25) is 0 Å². The molecule has 4 nitrogen and oxygen atoms in total. The van der Waals surface area contributed by atoms with E-state index in [4.69, 9.17) is 9.97 Å². The van der Waals surface area contributed by atoms with Crippen LogP contribution in [0.15, 0.2) is 12.1 Å². The van der Waals surface area contributed by atoms with Crippen molar-refractivity contribution in [2.24, 2.45) is 0 Å². The fourth-order valence-electron chi connectivity index (χ4n) is 3.51. The fourth-order valence-corrected chi connectivity index (χ4v) is 3.51. The molecule has 0 saturated carbocycles. The summed E-state index contributed by atoms with van der Waals surface area (Å²) in [6.45, 7) is 2.23. The second-order valence-corrected chi connectivity index (χ2v) is 5.40. The van der Waals surface area contributed by atoms with Crippen molar-refractivity contribution in [3.63, 3.8) is 0 Å². The van der Waals surface area contributed by atoms with E-state index in [1.807, 2.05) is 0 Å². The summed E-state index contributed by atoms with van der Waals surface area (Å²) in [5.41, 5.74) is 4.83. The van der Waals surface area contributed by atoms with Crippen LogP contribution in [0, 0.1) is 0 Å². The third-order valence-corrected chi connectivity index (χ3v) is 4.34. The number of benzene rings is 1. The molecule has 0 unspecified atom stereocenters. The van der Waals surface area contributed by atoms with E-state index in [2.05, 4.69) is 21.3 Å². The predicted molar refractivity (Wildman–Crippen MR) is 69.7 cm³/mol. The third kappa shape index (κ3) is 0.975. The number of hydrogen-bond donors (Lipinski definition) is 0. The van der Waals surface area contributed by atoms with Crippen LogP contribution in [0.4, 0.5) is 0 Å². The zero-order valence-corrected chi connectivity index (χ0v) is 10.2. The zero-order valence-electron chi connectivity index (χ0n) is 10.2. The average Bonchev–Trinajstić information content (AvgIpc) is 3.04. The van der Waals surface area contributed by atoms with E-state index in [1.165, 1.54) is 35.5 Å². The van der Waals surface area contributed by atoms with Crippen LogP contribution in [0.1, 0.15) is 24.5 Å². The summed E-state index contributed by atoms with van der Waals surface area (Å²) in [5.74, 6) is 2.50. The largest absolute Gasteiger partial charge is 0.328 e. The summed E-state index contributed by atoms with van der Waals surface area (Å²) in [6.07, 6.45) is 4.71. The first-order valence-electron chi connectivity index (χ1n) is 6.78. The summed E-state index contributed by atoms with van der Waals surface area (Å²) in [6, 6.07) is 4.47. The van der Waals surface area contributed by atoms with Crippen molar-refractivity contribution in [1.82, 2.24) is 19.1 Å². The maximum Gasteiger partial charge on any atom is 0.109 e. The molecule has 90 valence electrons. The van der Waals surface area contributed by atoms with Crippen LogP contribution >= 0.6 is 0 Å². The molecule has 2 aliphatic heterocycles. The summed E-state index contributed by atoms with van der Waals surface area (Å²) in [4.78, 5) is 9.54. The summed E-state index contributed by atoms with van der Waals surface area (Å²) in [7, 11) is 0. The van der Waals surface area contributed by atoms with Gasteiger partial charge in [0, 0.05) is 25.9 Å². The minimum Gasteiger partial charge on any atom is -0.328 e. The molecule has 1 aromatic carbocycles. The SMILES string of the molecule is c1c2nc3n(c2cc2nc4n(c12)CCC4)CCC3. The molecule has 2 aromatic heterocycles. The van der Waals surface area contributed by atoms with Gasteiger partial charge < -0.3 is 9.13 Å². The minimum atomic E-state index is 1.12. The maximum atomic E-state index is 4.77. The van der Waals surface area contributed by atoms with E-state index < -0.39 is 0 Å². The number of aromatic nitrogens is 4. The van der Waals surface area contributed by atoms with Gasteiger partial charge in [0.25, 0.3) is 0 Å². The zero-order chi connectivity index (χ0) is 11.7. The molecular formula is C14H14N4. The molecule has 0 saturated heterocycles. The van der Waals surface area contributed by atoms with Crippen molar-refractivity contribution in [1.29, 1.82) is 0 Å². The lowest BCUT2D eigenvalue weighted by Crippen LogP contribution is -1.92. The van der Waals surface area contributed by atoms with Crippen molar-refractivity contribution in [2.45, 2.75) is 38.8 Å². The van der Waals surface area contributed by atoms with Gasteiger partial charge in [0.15, 0.2) is 0 Å². The van der Waals surface area contributed by atoms with Crippen molar-refractivity contribution in [2.75, 3.05) is 0 Å². The lowest BCUT2D eigenvalue weighted by atomic mass is 10.2. The Morgan fingerprint density at radius 2 is 1.28 bits per heavy atom. The number of hydrogen-bond acceptors (Lipinski definition) is 2. The molecule has 4 heterocycles. The number of aryl methyl sites for hydroxylation is 4. The highest BCUT2D eigenvalue weighted by molar-refractivity contribution is 5.92. The minimum absolute atomic E-state index is 1.12. The lowest BCUT2D eigenvalue weighted by Gasteiger charge is -2.00. The molecule has 0 aliphatic carbocycles. The molecule has 4 heteroatoms. The smallest absolute Gasteiger partial charge is 0.109 e. The molecule has 3 aromatic rings. The van der Waals surface area contributed by atoms with Gasteiger partial charge in [0.05, 0.1) is 22.1 Å². The molecule has 2 aliphatic rings. The first-order valence-corrected chi connectivity index (χ1v) is 6.78. The van der Waals surface area contributed by atoms with E-state index >= 15 is 0 Å². The van der Waals surface area contributed by atoms with Crippen LogP contribution in [0.2, 0.25) is 0 Å². The summed E-state index contributed by atoms with van der Waals surface area (Å²) >= 11 is 0. The van der Waals surface area contributed by atoms with Gasteiger partial charge in [-0.2, -0.15) is 0 Å². The average molecular weight is 238 g/mol. The van der Waals surface area contributed by atoms with Crippen molar-refractivity contribution >= 4 is 22.1 Å². The van der Waals surface area contributed by atoms with Crippen LogP contribution in [-0.2, 0) is 25.9 Å².